The molecule has 0 aliphatic heterocycles. The molecule has 2 rings (SSSR count). The maximum atomic E-state index is 13.3. The van der Waals surface area contributed by atoms with E-state index in [1.165, 1.54) is 12.5 Å². The van der Waals surface area contributed by atoms with Gasteiger partial charge in [0.15, 0.2) is 0 Å². The summed E-state index contributed by atoms with van der Waals surface area (Å²) in [5.41, 5.74) is 1.35. The fraction of sp³-hybridized carbons (Fsp3) is 0.625. The van der Waals surface area contributed by atoms with Crippen LogP contribution in [-0.4, -0.2) is 10.7 Å². The largest absolute Gasteiger partial charge is 0.390 e. The predicted octanol–water partition coefficient (Wildman–Crippen LogP) is 3.86. The van der Waals surface area contributed by atoms with E-state index in [9.17, 15) is 9.50 Å². The molecule has 1 aromatic rings. The van der Waals surface area contributed by atoms with E-state index in [0.29, 0.717) is 18.3 Å². The number of hydrogen-bond donors (Lipinski definition) is 1. The number of halogens is 1. The second-order valence-corrected chi connectivity index (χ2v) is 6.33. The van der Waals surface area contributed by atoms with Crippen LogP contribution in [0.15, 0.2) is 18.2 Å². The molecular formula is C16H23FO. The molecule has 0 radical (unpaired) electrons. The van der Waals surface area contributed by atoms with Crippen LogP contribution in [0.4, 0.5) is 4.39 Å². The molecule has 0 spiro atoms. The van der Waals surface area contributed by atoms with Crippen molar-refractivity contribution in [3.8, 4) is 0 Å². The van der Waals surface area contributed by atoms with Gasteiger partial charge in [0.25, 0.3) is 0 Å². The Morgan fingerprint density at radius 1 is 1.28 bits per heavy atom. The fourth-order valence-corrected chi connectivity index (χ4v) is 3.56. The van der Waals surface area contributed by atoms with Crippen LogP contribution < -0.4 is 0 Å². The molecule has 0 heterocycles. The summed E-state index contributed by atoms with van der Waals surface area (Å²) < 4.78 is 13.3. The second-order valence-electron chi connectivity index (χ2n) is 6.33. The minimum atomic E-state index is -0.657. The van der Waals surface area contributed by atoms with Crippen molar-refractivity contribution in [2.45, 2.75) is 52.1 Å². The Morgan fingerprint density at radius 2 is 1.89 bits per heavy atom. The Balaban J connectivity index is 2.18. The minimum absolute atomic E-state index is 0.212. The first kappa shape index (κ1) is 13.5. The van der Waals surface area contributed by atoms with Crippen LogP contribution >= 0.6 is 0 Å². The normalized spacial score (nSPS) is 32.5. The molecule has 1 N–H and O–H groups in total. The molecule has 0 saturated heterocycles. The van der Waals surface area contributed by atoms with Gasteiger partial charge in [0.05, 0.1) is 5.60 Å². The van der Waals surface area contributed by atoms with Crippen molar-refractivity contribution in [3.63, 3.8) is 0 Å². The van der Waals surface area contributed by atoms with Crippen LogP contribution in [0, 0.1) is 24.6 Å². The molecule has 100 valence electrons. The first-order valence-electron chi connectivity index (χ1n) is 6.85. The first-order valence-corrected chi connectivity index (χ1v) is 6.85. The lowest BCUT2D eigenvalue weighted by atomic mass is 9.71. The van der Waals surface area contributed by atoms with Crippen LogP contribution in [0.3, 0.4) is 0 Å². The molecule has 2 atom stereocenters. The Kier molecular flexibility index (Phi) is 3.76. The van der Waals surface area contributed by atoms with Gasteiger partial charge < -0.3 is 5.11 Å². The molecule has 1 saturated carbocycles. The van der Waals surface area contributed by atoms with Crippen LogP contribution in [0.5, 0.6) is 0 Å². The first-order chi connectivity index (χ1) is 8.38. The number of benzene rings is 1. The summed E-state index contributed by atoms with van der Waals surface area (Å²) in [4.78, 5) is 0. The van der Waals surface area contributed by atoms with Crippen LogP contribution in [0.1, 0.15) is 44.2 Å². The lowest BCUT2D eigenvalue weighted by molar-refractivity contribution is -0.0306. The van der Waals surface area contributed by atoms with Gasteiger partial charge in [-0.3, -0.25) is 0 Å². The molecule has 0 bridgehead atoms. The van der Waals surface area contributed by atoms with Gasteiger partial charge in [-0.1, -0.05) is 19.9 Å². The molecule has 2 unspecified atom stereocenters. The number of aryl methyl sites for hydroxylation is 1. The molecule has 1 aliphatic carbocycles. The van der Waals surface area contributed by atoms with E-state index in [1.807, 2.05) is 6.92 Å². The highest BCUT2D eigenvalue weighted by Crippen LogP contribution is 2.38. The van der Waals surface area contributed by atoms with Crippen molar-refractivity contribution in [2.24, 2.45) is 11.8 Å². The van der Waals surface area contributed by atoms with Crippen molar-refractivity contribution >= 4 is 0 Å². The van der Waals surface area contributed by atoms with E-state index in [1.54, 1.807) is 12.1 Å². The van der Waals surface area contributed by atoms with E-state index in [2.05, 4.69) is 13.8 Å². The maximum absolute atomic E-state index is 13.3. The summed E-state index contributed by atoms with van der Waals surface area (Å²) >= 11 is 0. The second kappa shape index (κ2) is 5.00. The van der Waals surface area contributed by atoms with Crippen LogP contribution in [-0.2, 0) is 6.42 Å². The van der Waals surface area contributed by atoms with E-state index >= 15 is 0 Å². The van der Waals surface area contributed by atoms with Gasteiger partial charge in [0.1, 0.15) is 5.82 Å². The average Bonchev–Trinajstić information content (AvgIpc) is 2.21. The van der Waals surface area contributed by atoms with Gasteiger partial charge in [0.2, 0.25) is 0 Å². The summed E-state index contributed by atoms with van der Waals surface area (Å²) in [5, 5.41) is 10.8. The van der Waals surface area contributed by atoms with Gasteiger partial charge in [-0.2, -0.15) is 0 Å². The van der Waals surface area contributed by atoms with Gasteiger partial charge in [-0.05, 0) is 61.3 Å². The molecule has 1 aliphatic rings. The van der Waals surface area contributed by atoms with Crippen LogP contribution in [0.2, 0.25) is 0 Å². The Bertz CT molecular complexity index is 417. The summed E-state index contributed by atoms with van der Waals surface area (Å²) in [7, 11) is 0. The topological polar surface area (TPSA) is 20.2 Å². The van der Waals surface area contributed by atoms with Crippen molar-refractivity contribution in [2.75, 3.05) is 0 Å². The highest BCUT2D eigenvalue weighted by molar-refractivity contribution is 5.28. The summed E-state index contributed by atoms with van der Waals surface area (Å²) in [6.07, 6.45) is 3.41. The van der Waals surface area contributed by atoms with Gasteiger partial charge >= 0.3 is 0 Å². The molecular weight excluding hydrogens is 227 g/mol. The lowest BCUT2D eigenvalue weighted by Gasteiger charge is -2.39. The Hall–Kier alpha value is -0.890. The molecule has 2 heteroatoms. The minimum Gasteiger partial charge on any atom is -0.390 e. The van der Waals surface area contributed by atoms with E-state index in [-0.39, 0.29) is 5.82 Å². The van der Waals surface area contributed by atoms with E-state index in [4.69, 9.17) is 0 Å². The Labute approximate surface area is 109 Å². The monoisotopic (exact) mass is 250 g/mol. The predicted molar refractivity (Wildman–Crippen MR) is 72.0 cm³/mol. The summed E-state index contributed by atoms with van der Waals surface area (Å²) in [6.45, 7) is 6.37. The highest BCUT2D eigenvalue weighted by Gasteiger charge is 2.36. The third-order valence-electron chi connectivity index (χ3n) is 4.09. The number of rotatable bonds is 2. The van der Waals surface area contributed by atoms with Crippen molar-refractivity contribution in [1.29, 1.82) is 0 Å². The average molecular weight is 250 g/mol. The highest BCUT2D eigenvalue weighted by atomic mass is 19.1. The number of aliphatic hydroxyl groups is 1. The molecule has 18 heavy (non-hydrogen) atoms. The smallest absolute Gasteiger partial charge is 0.123 e. The maximum Gasteiger partial charge on any atom is 0.123 e. The van der Waals surface area contributed by atoms with Gasteiger partial charge in [-0.15, -0.1) is 0 Å². The standard InChI is InChI=1S/C16H23FO/c1-11-6-12(2)9-16(18,8-11)10-14-7-15(17)5-4-13(14)3/h4-5,7,11-12,18H,6,8-10H2,1-3H3. The molecule has 1 aromatic carbocycles. The fourth-order valence-electron chi connectivity index (χ4n) is 3.56. The molecule has 0 aromatic heterocycles. The molecule has 0 amide bonds. The SMILES string of the molecule is Cc1ccc(F)cc1CC1(O)CC(C)CC(C)C1. The third-order valence-corrected chi connectivity index (χ3v) is 4.09. The van der Waals surface area contributed by atoms with Gasteiger partial charge in [-0.25, -0.2) is 4.39 Å². The third kappa shape index (κ3) is 3.11. The van der Waals surface area contributed by atoms with Crippen molar-refractivity contribution < 1.29 is 9.50 Å². The summed E-state index contributed by atoms with van der Waals surface area (Å²) in [5.74, 6) is 0.885. The summed E-state index contributed by atoms with van der Waals surface area (Å²) in [6, 6.07) is 4.84. The zero-order valence-corrected chi connectivity index (χ0v) is 11.5. The van der Waals surface area contributed by atoms with E-state index in [0.717, 1.165) is 24.0 Å². The quantitative estimate of drug-likeness (QED) is 0.845. The number of hydrogen-bond acceptors (Lipinski definition) is 1. The van der Waals surface area contributed by atoms with Crippen molar-refractivity contribution in [3.05, 3.63) is 35.1 Å². The van der Waals surface area contributed by atoms with E-state index < -0.39 is 5.60 Å². The van der Waals surface area contributed by atoms with Crippen LogP contribution in [0.25, 0.3) is 0 Å². The molecule has 1 nitrogen and oxygen atoms in total. The van der Waals surface area contributed by atoms with Gasteiger partial charge in [0, 0.05) is 6.42 Å². The van der Waals surface area contributed by atoms with Crippen molar-refractivity contribution in [1.82, 2.24) is 0 Å². The molecule has 1 fully saturated rings. The lowest BCUT2D eigenvalue weighted by Crippen LogP contribution is -2.40. The Morgan fingerprint density at radius 3 is 2.50 bits per heavy atom. The zero-order valence-electron chi connectivity index (χ0n) is 11.5. The zero-order chi connectivity index (χ0) is 13.3.